The minimum absolute atomic E-state index is 0.181. The number of carbonyl (C=O) groups is 1. The number of anilines is 1. The van der Waals surface area contributed by atoms with Crippen LogP contribution in [0.15, 0.2) is 29.1 Å². The Hall–Kier alpha value is -2.44. The van der Waals surface area contributed by atoms with E-state index in [9.17, 15) is 9.18 Å². The molecule has 94 valence electrons. The SMILES string of the molecule is Nc1cc(F)cc(C(=O)NCCc2ncon2)c1. The van der Waals surface area contributed by atoms with Gasteiger partial charge in [0.25, 0.3) is 5.91 Å². The Labute approximate surface area is 102 Å². The average molecular weight is 250 g/mol. The van der Waals surface area contributed by atoms with E-state index < -0.39 is 11.7 Å². The lowest BCUT2D eigenvalue weighted by Crippen LogP contribution is -2.26. The van der Waals surface area contributed by atoms with Gasteiger partial charge in [0.1, 0.15) is 5.82 Å². The lowest BCUT2D eigenvalue weighted by molar-refractivity contribution is 0.0953. The van der Waals surface area contributed by atoms with Crippen molar-refractivity contribution in [3.8, 4) is 0 Å². The molecule has 0 saturated carbocycles. The average Bonchev–Trinajstić information content (AvgIpc) is 2.80. The third-order valence-corrected chi connectivity index (χ3v) is 2.22. The number of halogens is 1. The number of benzene rings is 1. The van der Waals surface area contributed by atoms with Crippen LogP contribution in [0.1, 0.15) is 16.2 Å². The number of nitrogen functional groups attached to an aromatic ring is 1. The summed E-state index contributed by atoms with van der Waals surface area (Å²) in [6.07, 6.45) is 1.65. The maximum absolute atomic E-state index is 13.0. The molecule has 0 atom stereocenters. The summed E-state index contributed by atoms with van der Waals surface area (Å²) in [5.41, 5.74) is 5.84. The summed E-state index contributed by atoms with van der Waals surface area (Å²) >= 11 is 0. The fourth-order valence-electron chi connectivity index (χ4n) is 1.44. The van der Waals surface area contributed by atoms with Crippen LogP contribution in [0.2, 0.25) is 0 Å². The second-order valence-electron chi connectivity index (χ2n) is 3.63. The van der Waals surface area contributed by atoms with Crippen LogP contribution in [0, 0.1) is 5.82 Å². The van der Waals surface area contributed by atoms with Gasteiger partial charge in [0.05, 0.1) is 0 Å². The van der Waals surface area contributed by atoms with Crippen molar-refractivity contribution in [1.29, 1.82) is 0 Å². The van der Waals surface area contributed by atoms with Crippen LogP contribution in [-0.4, -0.2) is 22.6 Å². The van der Waals surface area contributed by atoms with E-state index in [1.807, 2.05) is 0 Å². The molecular weight excluding hydrogens is 239 g/mol. The highest BCUT2D eigenvalue weighted by Crippen LogP contribution is 2.10. The third kappa shape index (κ3) is 3.03. The molecule has 2 aromatic rings. The highest BCUT2D eigenvalue weighted by Gasteiger charge is 2.08. The predicted molar refractivity (Wildman–Crippen MR) is 61.1 cm³/mol. The lowest BCUT2D eigenvalue weighted by Gasteiger charge is -2.04. The minimum Gasteiger partial charge on any atom is -0.399 e. The molecule has 7 heteroatoms. The molecule has 0 aliphatic rings. The summed E-state index contributed by atoms with van der Waals surface area (Å²) in [6, 6.07) is 3.68. The molecule has 1 aromatic carbocycles. The van der Waals surface area contributed by atoms with Crippen molar-refractivity contribution >= 4 is 11.6 Å². The monoisotopic (exact) mass is 250 g/mol. The molecule has 0 fully saturated rings. The molecule has 0 aliphatic carbocycles. The van der Waals surface area contributed by atoms with E-state index in [1.165, 1.54) is 12.5 Å². The number of carbonyl (C=O) groups excluding carboxylic acids is 1. The Morgan fingerprint density at radius 3 is 2.94 bits per heavy atom. The Morgan fingerprint density at radius 1 is 1.44 bits per heavy atom. The molecule has 0 aliphatic heterocycles. The van der Waals surface area contributed by atoms with Crippen LogP contribution in [0.25, 0.3) is 0 Å². The quantitative estimate of drug-likeness (QED) is 0.781. The topological polar surface area (TPSA) is 94.0 Å². The maximum atomic E-state index is 13.0. The minimum atomic E-state index is -0.543. The molecule has 2 rings (SSSR count). The molecule has 6 nitrogen and oxygen atoms in total. The highest BCUT2D eigenvalue weighted by atomic mass is 19.1. The van der Waals surface area contributed by atoms with Gasteiger partial charge in [-0.05, 0) is 18.2 Å². The molecule has 1 heterocycles. The Balaban J connectivity index is 1.91. The van der Waals surface area contributed by atoms with Crippen molar-refractivity contribution in [2.45, 2.75) is 6.42 Å². The van der Waals surface area contributed by atoms with Crippen LogP contribution in [-0.2, 0) is 6.42 Å². The molecule has 3 N–H and O–H groups in total. The van der Waals surface area contributed by atoms with Crippen molar-refractivity contribution in [2.75, 3.05) is 12.3 Å². The Bertz CT molecular complexity index is 522. The van der Waals surface area contributed by atoms with Gasteiger partial charge in [-0.1, -0.05) is 5.16 Å². The first-order chi connectivity index (χ1) is 8.65. The lowest BCUT2D eigenvalue weighted by atomic mass is 10.2. The fraction of sp³-hybridized carbons (Fsp3) is 0.182. The molecule has 0 saturated heterocycles. The summed E-state index contributed by atoms with van der Waals surface area (Å²) < 4.78 is 17.6. The number of hydrogen-bond acceptors (Lipinski definition) is 5. The van der Waals surface area contributed by atoms with Gasteiger partial charge in [-0.15, -0.1) is 0 Å². The number of nitrogens with two attached hydrogens (primary N) is 1. The summed E-state index contributed by atoms with van der Waals surface area (Å²) in [4.78, 5) is 15.5. The van der Waals surface area contributed by atoms with Gasteiger partial charge in [0.2, 0.25) is 6.39 Å². The predicted octanol–water partition coefficient (Wildman–Crippen LogP) is 0.763. The number of nitrogens with zero attached hydrogens (tertiary/aromatic N) is 2. The van der Waals surface area contributed by atoms with Crippen LogP contribution < -0.4 is 11.1 Å². The van der Waals surface area contributed by atoms with Gasteiger partial charge in [0, 0.05) is 24.2 Å². The van der Waals surface area contributed by atoms with Gasteiger partial charge >= 0.3 is 0 Å². The zero-order chi connectivity index (χ0) is 13.0. The normalized spacial score (nSPS) is 10.3. The van der Waals surface area contributed by atoms with Crippen molar-refractivity contribution in [3.05, 3.63) is 41.8 Å². The first-order valence-corrected chi connectivity index (χ1v) is 5.24. The van der Waals surface area contributed by atoms with E-state index in [2.05, 4.69) is 20.0 Å². The van der Waals surface area contributed by atoms with Crippen LogP contribution in [0.4, 0.5) is 10.1 Å². The van der Waals surface area contributed by atoms with E-state index in [0.29, 0.717) is 18.8 Å². The van der Waals surface area contributed by atoms with E-state index in [4.69, 9.17) is 5.73 Å². The third-order valence-electron chi connectivity index (χ3n) is 2.22. The molecule has 0 radical (unpaired) electrons. The first kappa shape index (κ1) is 12.0. The smallest absolute Gasteiger partial charge is 0.251 e. The summed E-state index contributed by atoms with van der Waals surface area (Å²) in [5.74, 6) is -0.447. The van der Waals surface area contributed by atoms with E-state index >= 15 is 0 Å². The van der Waals surface area contributed by atoms with E-state index in [0.717, 1.165) is 12.1 Å². The fourth-order valence-corrected chi connectivity index (χ4v) is 1.44. The summed E-state index contributed by atoms with van der Waals surface area (Å²) in [6.45, 7) is 0.328. The Morgan fingerprint density at radius 2 is 2.28 bits per heavy atom. The zero-order valence-corrected chi connectivity index (χ0v) is 9.39. The molecule has 18 heavy (non-hydrogen) atoms. The molecule has 1 aromatic heterocycles. The number of aromatic nitrogens is 2. The summed E-state index contributed by atoms with van der Waals surface area (Å²) in [7, 11) is 0. The van der Waals surface area contributed by atoms with Gasteiger partial charge < -0.3 is 15.6 Å². The molecule has 0 spiro atoms. The standard InChI is InChI=1S/C11H11FN4O2/c12-8-3-7(4-9(13)5-8)11(17)14-2-1-10-15-6-18-16-10/h3-6H,1-2,13H2,(H,14,17). The Kier molecular flexibility index (Phi) is 3.52. The van der Waals surface area contributed by atoms with E-state index in [-0.39, 0.29) is 11.3 Å². The molecular formula is C11H11FN4O2. The molecule has 0 bridgehead atoms. The van der Waals surface area contributed by atoms with Crippen molar-refractivity contribution in [1.82, 2.24) is 15.5 Å². The second-order valence-corrected chi connectivity index (χ2v) is 3.63. The van der Waals surface area contributed by atoms with Gasteiger partial charge in [-0.2, -0.15) is 4.98 Å². The second kappa shape index (κ2) is 5.26. The van der Waals surface area contributed by atoms with Gasteiger partial charge in [0.15, 0.2) is 5.82 Å². The first-order valence-electron chi connectivity index (χ1n) is 5.24. The summed E-state index contributed by atoms with van der Waals surface area (Å²) in [5, 5.41) is 6.21. The van der Waals surface area contributed by atoms with Crippen molar-refractivity contribution < 1.29 is 13.7 Å². The largest absolute Gasteiger partial charge is 0.399 e. The highest BCUT2D eigenvalue weighted by molar-refractivity contribution is 5.95. The van der Waals surface area contributed by atoms with E-state index in [1.54, 1.807) is 0 Å². The van der Waals surface area contributed by atoms with Crippen molar-refractivity contribution in [2.24, 2.45) is 0 Å². The van der Waals surface area contributed by atoms with Crippen molar-refractivity contribution in [3.63, 3.8) is 0 Å². The molecule has 1 amide bonds. The number of amides is 1. The maximum Gasteiger partial charge on any atom is 0.251 e. The van der Waals surface area contributed by atoms with Gasteiger partial charge in [-0.3, -0.25) is 4.79 Å². The zero-order valence-electron chi connectivity index (χ0n) is 9.39. The van der Waals surface area contributed by atoms with Crippen LogP contribution >= 0.6 is 0 Å². The number of hydrogen-bond donors (Lipinski definition) is 2. The number of rotatable bonds is 4. The van der Waals surface area contributed by atoms with Gasteiger partial charge in [-0.25, -0.2) is 4.39 Å². The van der Waals surface area contributed by atoms with Crippen LogP contribution in [0.3, 0.4) is 0 Å². The number of nitrogens with one attached hydrogen (secondary N) is 1. The molecule has 0 unspecified atom stereocenters. The van der Waals surface area contributed by atoms with Crippen LogP contribution in [0.5, 0.6) is 0 Å².